The maximum Gasteiger partial charge on any atom is 0.230 e. The van der Waals surface area contributed by atoms with E-state index in [0.29, 0.717) is 11.6 Å². The van der Waals surface area contributed by atoms with Crippen molar-refractivity contribution in [2.24, 2.45) is 5.92 Å². The molecule has 1 aromatic heterocycles. The van der Waals surface area contributed by atoms with Gasteiger partial charge in [-0.2, -0.15) is 0 Å². The first-order valence-corrected chi connectivity index (χ1v) is 9.67. The van der Waals surface area contributed by atoms with Crippen LogP contribution in [0.1, 0.15) is 36.3 Å². The summed E-state index contributed by atoms with van der Waals surface area (Å²) in [6, 6.07) is 0. The number of thiazole rings is 1. The molecule has 1 fully saturated rings. The Balaban J connectivity index is 1.68. The fourth-order valence-corrected chi connectivity index (χ4v) is 5.59. The lowest BCUT2D eigenvalue weighted by Crippen LogP contribution is -2.23. The van der Waals surface area contributed by atoms with E-state index in [1.54, 1.807) is 11.3 Å². The first-order valence-electron chi connectivity index (χ1n) is 7.03. The first kappa shape index (κ1) is 14.0. The Morgan fingerprint density at radius 2 is 2.05 bits per heavy atom. The Kier molecular flexibility index (Phi) is 3.81. The summed E-state index contributed by atoms with van der Waals surface area (Å²) < 4.78 is 22.8. The van der Waals surface area contributed by atoms with Crippen LogP contribution in [0.4, 0.5) is 5.13 Å². The Morgan fingerprint density at radius 1 is 1.25 bits per heavy atom. The largest absolute Gasteiger partial charge is 0.302 e. The number of carbonyl (C=O) groups is 1. The summed E-state index contributed by atoms with van der Waals surface area (Å²) in [5, 5.41) is 3.43. The molecule has 1 N–H and O–H groups in total. The Bertz CT molecular complexity index is 598. The van der Waals surface area contributed by atoms with Crippen LogP contribution in [-0.4, -0.2) is 30.8 Å². The average molecular weight is 314 g/mol. The van der Waals surface area contributed by atoms with E-state index in [9.17, 15) is 13.2 Å². The summed E-state index contributed by atoms with van der Waals surface area (Å²) in [6.45, 7) is 0. The van der Waals surface area contributed by atoms with Gasteiger partial charge in [0, 0.05) is 4.88 Å². The van der Waals surface area contributed by atoms with Gasteiger partial charge in [-0.25, -0.2) is 13.4 Å². The van der Waals surface area contributed by atoms with Gasteiger partial charge in [-0.05, 0) is 32.1 Å². The van der Waals surface area contributed by atoms with Crippen LogP contribution in [0.25, 0.3) is 0 Å². The minimum absolute atomic E-state index is 0.0239. The summed E-state index contributed by atoms with van der Waals surface area (Å²) in [5.41, 5.74) is 1.11. The summed E-state index contributed by atoms with van der Waals surface area (Å²) in [6.07, 6.45) is 6.04. The lowest BCUT2D eigenvalue weighted by atomic mass is 10.1. The summed E-state index contributed by atoms with van der Waals surface area (Å²) in [5.74, 6) is -0.512. The number of fused-ring (bicyclic) bond motifs is 1. The Morgan fingerprint density at radius 3 is 2.80 bits per heavy atom. The highest BCUT2D eigenvalue weighted by atomic mass is 32.2. The van der Waals surface area contributed by atoms with Gasteiger partial charge in [0.15, 0.2) is 15.0 Å². The molecule has 7 heteroatoms. The van der Waals surface area contributed by atoms with E-state index in [4.69, 9.17) is 0 Å². The van der Waals surface area contributed by atoms with Crippen molar-refractivity contribution in [3.05, 3.63) is 10.6 Å². The summed E-state index contributed by atoms with van der Waals surface area (Å²) in [7, 11) is -3.02. The number of aromatic nitrogens is 1. The molecular weight excluding hydrogens is 296 g/mol. The van der Waals surface area contributed by atoms with E-state index in [1.807, 2.05) is 0 Å². The molecule has 3 rings (SSSR count). The van der Waals surface area contributed by atoms with Crippen molar-refractivity contribution in [1.29, 1.82) is 0 Å². The van der Waals surface area contributed by atoms with Gasteiger partial charge in [0.2, 0.25) is 5.91 Å². The second kappa shape index (κ2) is 5.44. The molecule has 0 aromatic carbocycles. The highest BCUT2D eigenvalue weighted by Gasteiger charge is 2.33. The van der Waals surface area contributed by atoms with E-state index in [2.05, 4.69) is 10.3 Å². The number of rotatable bonds is 2. The summed E-state index contributed by atoms with van der Waals surface area (Å²) >= 11 is 1.54. The third kappa shape index (κ3) is 3.03. The minimum atomic E-state index is -3.02. The van der Waals surface area contributed by atoms with Crippen LogP contribution < -0.4 is 5.32 Å². The van der Waals surface area contributed by atoms with Crippen molar-refractivity contribution >= 4 is 32.2 Å². The smallest absolute Gasteiger partial charge is 0.230 e. The maximum absolute atomic E-state index is 12.1. The molecule has 0 radical (unpaired) electrons. The third-order valence-corrected chi connectivity index (χ3v) is 6.77. The van der Waals surface area contributed by atoms with Crippen LogP contribution in [-0.2, 0) is 27.5 Å². The molecule has 1 aliphatic carbocycles. The lowest BCUT2D eigenvalue weighted by Gasteiger charge is -2.06. The predicted molar refractivity (Wildman–Crippen MR) is 78.8 cm³/mol. The van der Waals surface area contributed by atoms with Crippen molar-refractivity contribution in [3.63, 3.8) is 0 Å². The van der Waals surface area contributed by atoms with Gasteiger partial charge < -0.3 is 5.32 Å². The highest BCUT2D eigenvalue weighted by Crippen LogP contribution is 2.29. The molecule has 0 saturated carbocycles. The van der Waals surface area contributed by atoms with Crippen LogP contribution in [0.2, 0.25) is 0 Å². The van der Waals surface area contributed by atoms with Crippen LogP contribution in [0.15, 0.2) is 0 Å². The minimum Gasteiger partial charge on any atom is -0.302 e. The molecule has 5 nitrogen and oxygen atoms in total. The summed E-state index contributed by atoms with van der Waals surface area (Å²) in [4.78, 5) is 17.8. The number of sulfone groups is 1. The number of nitrogens with zero attached hydrogens (tertiary/aromatic N) is 1. The fourth-order valence-electron chi connectivity index (χ4n) is 2.79. The zero-order chi connectivity index (χ0) is 14.2. The quantitative estimate of drug-likeness (QED) is 0.844. The Labute approximate surface area is 122 Å². The predicted octanol–water partition coefficient (Wildman–Crippen LogP) is 1.79. The molecule has 2 heterocycles. The van der Waals surface area contributed by atoms with E-state index in [-0.39, 0.29) is 17.4 Å². The van der Waals surface area contributed by atoms with Crippen molar-refractivity contribution in [1.82, 2.24) is 4.98 Å². The number of hydrogen-bond donors (Lipinski definition) is 1. The highest BCUT2D eigenvalue weighted by molar-refractivity contribution is 7.91. The van der Waals surface area contributed by atoms with E-state index < -0.39 is 15.8 Å². The second-order valence-electron chi connectivity index (χ2n) is 5.54. The van der Waals surface area contributed by atoms with Gasteiger partial charge in [-0.1, -0.05) is 6.42 Å². The first-order chi connectivity index (χ1) is 9.53. The van der Waals surface area contributed by atoms with E-state index >= 15 is 0 Å². The molecule has 1 aliphatic heterocycles. The number of aryl methyl sites for hydroxylation is 2. The molecular formula is C13H18N2O3S2. The lowest BCUT2D eigenvalue weighted by molar-refractivity contribution is -0.119. The molecule has 110 valence electrons. The SMILES string of the molecule is O=C(Nc1nc2c(s1)CCCCC2)[C@H]1CCS(=O)(=O)C1. The molecule has 1 aromatic rings. The van der Waals surface area contributed by atoms with Crippen molar-refractivity contribution in [3.8, 4) is 0 Å². The monoisotopic (exact) mass is 314 g/mol. The molecule has 0 unspecified atom stereocenters. The van der Waals surface area contributed by atoms with Gasteiger partial charge in [-0.3, -0.25) is 4.79 Å². The third-order valence-electron chi connectivity index (χ3n) is 3.93. The van der Waals surface area contributed by atoms with Gasteiger partial charge in [-0.15, -0.1) is 11.3 Å². The molecule has 1 atom stereocenters. The number of amides is 1. The second-order valence-corrected chi connectivity index (χ2v) is 8.85. The standard InChI is InChI=1S/C13H18N2O3S2/c16-12(9-6-7-20(17,18)8-9)15-13-14-10-4-2-1-3-5-11(10)19-13/h9H,1-8H2,(H,14,15,16)/t9-/m0/s1. The zero-order valence-electron chi connectivity index (χ0n) is 11.2. The van der Waals surface area contributed by atoms with Gasteiger partial charge in [0.05, 0.1) is 23.1 Å². The molecule has 2 aliphatic rings. The topological polar surface area (TPSA) is 76.1 Å². The van der Waals surface area contributed by atoms with Gasteiger partial charge in [0.1, 0.15) is 0 Å². The van der Waals surface area contributed by atoms with Crippen LogP contribution in [0.5, 0.6) is 0 Å². The number of anilines is 1. The molecule has 0 bridgehead atoms. The van der Waals surface area contributed by atoms with Gasteiger partial charge in [0.25, 0.3) is 0 Å². The number of hydrogen-bond acceptors (Lipinski definition) is 5. The fraction of sp³-hybridized carbons (Fsp3) is 0.692. The van der Waals surface area contributed by atoms with E-state index in [1.165, 1.54) is 17.7 Å². The van der Waals surface area contributed by atoms with Crippen LogP contribution in [0, 0.1) is 5.92 Å². The Hall–Kier alpha value is -0.950. The number of nitrogens with one attached hydrogen (secondary N) is 1. The van der Waals surface area contributed by atoms with Gasteiger partial charge >= 0.3 is 0 Å². The number of carbonyl (C=O) groups excluding carboxylic acids is 1. The van der Waals surface area contributed by atoms with Crippen molar-refractivity contribution < 1.29 is 13.2 Å². The maximum atomic E-state index is 12.1. The zero-order valence-corrected chi connectivity index (χ0v) is 12.9. The van der Waals surface area contributed by atoms with Crippen molar-refractivity contribution in [2.75, 3.05) is 16.8 Å². The van der Waals surface area contributed by atoms with Crippen LogP contribution >= 0.6 is 11.3 Å². The molecule has 1 saturated heterocycles. The van der Waals surface area contributed by atoms with Crippen LogP contribution in [0.3, 0.4) is 0 Å². The molecule has 20 heavy (non-hydrogen) atoms. The average Bonchev–Trinajstić information content (AvgIpc) is 2.86. The van der Waals surface area contributed by atoms with Crippen molar-refractivity contribution in [2.45, 2.75) is 38.5 Å². The molecule has 1 amide bonds. The molecule has 0 spiro atoms. The van der Waals surface area contributed by atoms with E-state index in [0.717, 1.165) is 25.0 Å². The normalized spacial score (nSPS) is 24.9.